The molecule has 2 amide bonds. The van der Waals surface area contributed by atoms with Crippen molar-refractivity contribution >= 4 is 34.1 Å². The average Bonchev–Trinajstić information content (AvgIpc) is 3.40. The lowest BCUT2D eigenvalue weighted by Crippen LogP contribution is -2.67. The maximum Gasteiger partial charge on any atom is 0.348 e. The Hall–Kier alpha value is -3.19. The summed E-state index contributed by atoms with van der Waals surface area (Å²) < 4.78 is 23.3. The average molecular weight is 644 g/mol. The van der Waals surface area contributed by atoms with Crippen molar-refractivity contribution in [2.75, 3.05) is 51.5 Å². The number of amides is 2. The molecule has 2 aromatic rings. The number of rotatable bonds is 10. The van der Waals surface area contributed by atoms with Crippen molar-refractivity contribution in [3.05, 3.63) is 45.8 Å². The first-order valence-corrected chi connectivity index (χ1v) is 16.7. The topological polar surface area (TPSA) is 118 Å². The molecule has 0 spiro atoms. The number of thiophene rings is 1. The number of hydrogen-bond donors (Lipinski definition) is 1. The second-order valence-corrected chi connectivity index (χ2v) is 13.2. The van der Waals surface area contributed by atoms with Gasteiger partial charge in [-0.1, -0.05) is 18.2 Å². The predicted molar refractivity (Wildman–Crippen MR) is 170 cm³/mol. The summed E-state index contributed by atoms with van der Waals surface area (Å²) in [5.41, 5.74) is 0.133. The highest BCUT2D eigenvalue weighted by Crippen LogP contribution is 2.45. The summed E-state index contributed by atoms with van der Waals surface area (Å²) in [6.07, 6.45) is 2.07. The van der Waals surface area contributed by atoms with E-state index >= 15 is 0 Å². The molecule has 1 aromatic carbocycles. The molecule has 2 fully saturated rings. The van der Waals surface area contributed by atoms with Crippen molar-refractivity contribution in [1.29, 1.82) is 0 Å². The molecule has 1 N–H and O–H groups in total. The Balaban J connectivity index is 1.60. The van der Waals surface area contributed by atoms with Gasteiger partial charge in [0.15, 0.2) is 0 Å². The summed E-state index contributed by atoms with van der Waals surface area (Å²) in [5, 5.41) is 12.6. The van der Waals surface area contributed by atoms with Crippen molar-refractivity contribution in [2.45, 2.75) is 83.9 Å². The lowest BCUT2D eigenvalue weighted by Gasteiger charge is -2.49. The summed E-state index contributed by atoms with van der Waals surface area (Å²) in [5.74, 6) is -0.639. The van der Waals surface area contributed by atoms with Gasteiger partial charge < -0.3 is 33.9 Å². The van der Waals surface area contributed by atoms with Crippen LogP contribution in [0.3, 0.4) is 0 Å². The summed E-state index contributed by atoms with van der Waals surface area (Å²) in [7, 11) is 1.60. The molecule has 4 heterocycles. The van der Waals surface area contributed by atoms with E-state index < -0.39 is 29.9 Å². The van der Waals surface area contributed by atoms with Gasteiger partial charge in [-0.15, -0.1) is 11.3 Å². The van der Waals surface area contributed by atoms with E-state index in [1.807, 2.05) is 24.3 Å². The first-order valence-electron chi connectivity index (χ1n) is 15.8. The smallest absolute Gasteiger partial charge is 0.348 e. The number of carbonyl (C=O) groups excluding carboxylic acids is 3. The van der Waals surface area contributed by atoms with Crippen LogP contribution in [0.1, 0.15) is 90.1 Å². The normalized spacial score (nSPS) is 20.2. The van der Waals surface area contributed by atoms with Gasteiger partial charge in [-0.2, -0.15) is 0 Å². The minimum atomic E-state index is -1.52. The fourth-order valence-electron chi connectivity index (χ4n) is 6.49. The molecule has 5 rings (SSSR count). The van der Waals surface area contributed by atoms with Gasteiger partial charge in [0, 0.05) is 31.9 Å². The number of aliphatic hydroxyl groups excluding tert-OH is 1. The zero-order valence-electron chi connectivity index (χ0n) is 26.9. The number of anilines is 1. The molecular formula is C33H45N3O8S. The lowest BCUT2D eigenvalue weighted by atomic mass is 9.95. The Morgan fingerprint density at radius 3 is 2.49 bits per heavy atom. The van der Waals surface area contributed by atoms with Gasteiger partial charge in [0.25, 0.3) is 5.91 Å². The largest absolute Gasteiger partial charge is 0.496 e. The monoisotopic (exact) mass is 643 g/mol. The van der Waals surface area contributed by atoms with Gasteiger partial charge >= 0.3 is 5.97 Å². The highest BCUT2D eigenvalue weighted by molar-refractivity contribution is 7.18. The molecule has 0 radical (unpaired) electrons. The SMILES string of the molecule is CCOC(=O)c1sc2c(c1C)C(=O)N(C(C)(C)C(=O)N1CCCCC1)C(O)N2C[C@H](OC1CCOCC1)c1ccccc1OC. The number of carbonyl (C=O) groups is 3. The van der Waals surface area contributed by atoms with Gasteiger partial charge in [0.05, 0.1) is 31.9 Å². The molecule has 3 aliphatic heterocycles. The van der Waals surface area contributed by atoms with Crippen molar-refractivity contribution in [3.63, 3.8) is 0 Å². The van der Waals surface area contributed by atoms with E-state index in [1.165, 1.54) is 4.90 Å². The second kappa shape index (κ2) is 14.1. The fraction of sp³-hybridized carbons (Fsp3) is 0.606. The van der Waals surface area contributed by atoms with Crippen molar-refractivity contribution in [3.8, 4) is 5.75 Å². The van der Waals surface area contributed by atoms with E-state index in [9.17, 15) is 19.5 Å². The van der Waals surface area contributed by atoms with Crippen LogP contribution in [0.2, 0.25) is 0 Å². The highest BCUT2D eigenvalue weighted by Gasteiger charge is 2.51. The van der Waals surface area contributed by atoms with Crippen LogP contribution in [0.15, 0.2) is 24.3 Å². The number of benzene rings is 1. The summed E-state index contributed by atoms with van der Waals surface area (Å²) in [4.78, 5) is 46.4. The van der Waals surface area contributed by atoms with E-state index in [0.29, 0.717) is 55.5 Å². The first-order chi connectivity index (χ1) is 21.6. The maximum absolute atomic E-state index is 14.4. The molecule has 1 unspecified atom stereocenters. The standard InChI is InChI=1S/C33H45N3O8S/c1-6-43-30(38)27-21(2)26-28(37)36(33(3,4)31(39)34-16-10-7-11-17-34)32(40)35(29(26)45-27)20-25(44-22-14-18-42-19-15-22)23-12-8-9-13-24(23)41-5/h8-9,12-13,22,25,32,40H,6-7,10-11,14-20H2,1-5H3/t25-,32?/m0/s1. The predicted octanol–water partition coefficient (Wildman–Crippen LogP) is 4.51. The van der Waals surface area contributed by atoms with E-state index in [-0.39, 0.29) is 35.6 Å². The molecule has 11 nitrogen and oxygen atoms in total. The van der Waals surface area contributed by atoms with E-state index in [0.717, 1.165) is 36.2 Å². The number of fused-ring (bicyclic) bond motifs is 1. The molecule has 246 valence electrons. The Morgan fingerprint density at radius 1 is 1.13 bits per heavy atom. The molecular weight excluding hydrogens is 598 g/mol. The van der Waals surface area contributed by atoms with Gasteiger partial charge in [-0.3, -0.25) is 14.5 Å². The molecule has 1 aromatic heterocycles. The maximum atomic E-state index is 14.4. The Kier molecular flexibility index (Phi) is 10.4. The molecule has 2 saturated heterocycles. The minimum absolute atomic E-state index is 0.0925. The van der Waals surface area contributed by atoms with Crippen LogP contribution < -0.4 is 9.64 Å². The number of para-hydroxylation sites is 1. The Bertz CT molecular complexity index is 1380. The van der Waals surface area contributed by atoms with Crippen molar-refractivity contribution in [1.82, 2.24) is 9.80 Å². The van der Waals surface area contributed by atoms with Crippen LogP contribution in [0.25, 0.3) is 0 Å². The third-order valence-corrected chi connectivity index (χ3v) is 10.2. The Morgan fingerprint density at radius 2 is 1.82 bits per heavy atom. The first kappa shape index (κ1) is 33.2. The molecule has 45 heavy (non-hydrogen) atoms. The summed E-state index contributed by atoms with van der Waals surface area (Å²) in [6.45, 7) is 9.47. The van der Waals surface area contributed by atoms with E-state index in [2.05, 4.69) is 0 Å². The van der Waals surface area contributed by atoms with Crippen LogP contribution in [0.5, 0.6) is 5.75 Å². The number of ether oxygens (including phenoxy) is 4. The molecule has 3 aliphatic rings. The zero-order valence-corrected chi connectivity index (χ0v) is 27.7. The van der Waals surface area contributed by atoms with Gasteiger partial charge in [-0.25, -0.2) is 4.79 Å². The van der Waals surface area contributed by atoms with Crippen molar-refractivity contribution in [2.24, 2.45) is 0 Å². The van der Waals surface area contributed by atoms with E-state index in [1.54, 1.807) is 44.6 Å². The van der Waals surface area contributed by atoms with Crippen LogP contribution in [-0.2, 0) is 19.0 Å². The van der Waals surface area contributed by atoms with E-state index in [4.69, 9.17) is 18.9 Å². The van der Waals surface area contributed by atoms with Crippen LogP contribution >= 0.6 is 11.3 Å². The third-order valence-electron chi connectivity index (χ3n) is 8.93. The van der Waals surface area contributed by atoms with Crippen LogP contribution in [0.4, 0.5) is 5.00 Å². The minimum Gasteiger partial charge on any atom is -0.496 e. The number of methoxy groups -OCH3 is 1. The number of aliphatic hydroxyl groups is 1. The summed E-state index contributed by atoms with van der Waals surface area (Å²) >= 11 is 1.11. The highest BCUT2D eigenvalue weighted by atomic mass is 32.1. The zero-order chi connectivity index (χ0) is 32.3. The number of esters is 1. The molecule has 0 bridgehead atoms. The Labute approximate surface area is 269 Å². The van der Waals surface area contributed by atoms with Gasteiger partial charge in [0.2, 0.25) is 12.3 Å². The quantitative estimate of drug-likeness (QED) is 0.373. The number of nitrogens with zero attached hydrogens (tertiary/aromatic N) is 3. The second-order valence-electron chi connectivity index (χ2n) is 12.2. The van der Waals surface area contributed by atoms with Crippen LogP contribution in [-0.4, -0.2) is 97.2 Å². The van der Waals surface area contributed by atoms with Gasteiger partial charge in [0.1, 0.15) is 27.3 Å². The number of likely N-dealkylation sites (tertiary alicyclic amines) is 1. The van der Waals surface area contributed by atoms with Gasteiger partial charge in [-0.05, 0) is 71.4 Å². The lowest BCUT2D eigenvalue weighted by molar-refractivity contribution is -0.148. The molecule has 0 saturated carbocycles. The van der Waals surface area contributed by atoms with Crippen LogP contribution in [0, 0.1) is 6.92 Å². The number of hydrogen-bond acceptors (Lipinski definition) is 10. The molecule has 2 atom stereocenters. The molecule has 0 aliphatic carbocycles. The third kappa shape index (κ3) is 6.56. The fourth-order valence-corrected chi connectivity index (χ4v) is 7.71. The summed E-state index contributed by atoms with van der Waals surface area (Å²) in [6, 6.07) is 7.57. The molecule has 12 heteroatoms. The van der Waals surface area contributed by atoms with Crippen molar-refractivity contribution < 1.29 is 38.4 Å². The number of piperidine rings is 1.